The first-order valence-corrected chi connectivity index (χ1v) is 10.6. The van der Waals surface area contributed by atoms with Gasteiger partial charge in [0.1, 0.15) is 0 Å². The van der Waals surface area contributed by atoms with Crippen molar-refractivity contribution in [2.45, 2.75) is 75.8 Å². The molecule has 0 aliphatic rings. The molecule has 0 N–H and O–H groups in total. The summed E-state index contributed by atoms with van der Waals surface area (Å²) in [5.74, 6) is -13.5. The van der Waals surface area contributed by atoms with Crippen molar-refractivity contribution in [3.63, 3.8) is 0 Å². The molecule has 194 valence electrons. The predicted octanol–water partition coefficient (Wildman–Crippen LogP) is 3.19. The molecule has 0 aliphatic carbocycles. The molecule has 0 fully saturated rings. The highest BCUT2D eigenvalue weighted by Crippen LogP contribution is 2.42. The first kappa shape index (κ1) is 31.1. The van der Waals surface area contributed by atoms with Crippen molar-refractivity contribution >= 4 is 22.0 Å². The van der Waals surface area contributed by atoms with Crippen molar-refractivity contribution in [2.75, 3.05) is 6.61 Å². The summed E-state index contributed by atoms with van der Waals surface area (Å²) in [6, 6.07) is -1.79. The van der Waals surface area contributed by atoms with Crippen LogP contribution in [0.15, 0.2) is 12.7 Å². The lowest BCUT2D eigenvalue weighted by Gasteiger charge is -2.40. The lowest BCUT2D eigenvalue weighted by Crippen LogP contribution is -2.64. The number of hydrogen-bond acceptors (Lipinski definition) is 7. The molecule has 1 amide bonds. The lowest BCUT2D eigenvalue weighted by molar-refractivity contribution is -0.351. The number of halogens is 7. The number of rotatable bonds is 12. The second kappa shape index (κ2) is 10.5. The van der Waals surface area contributed by atoms with Gasteiger partial charge in [0.2, 0.25) is 0 Å². The van der Waals surface area contributed by atoms with E-state index in [0.717, 1.165) is 0 Å². The zero-order chi connectivity index (χ0) is 26.6. The summed E-state index contributed by atoms with van der Waals surface area (Å²) in [4.78, 5) is 25.0. The number of carbonyl (C=O) groups is 2. The molecule has 1 atom stereocenters. The molecule has 8 nitrogen and oxygen atoms in total. The fourth-order valence-corrected chi connectivity index (χ4v) is 3.12. The Labute approximate surface area is 185 Å². The molecule has 0 aromatic carbocycles. The summed E-state index contributed by atoms with van der Waals surface area (Å²) < 4.78 is 135. The minimum atomic E-state index is -6.81. The molecule has 0 aliphatic heterocycles. The minimum Gasteiger partial charge on any atom is -0.743 e. The van der Waals surface area contributed by atoms with Gasteiger partial charge in [0.15, 0.2) is 10.1 Å². The molecule has 1 unspecified atom stereocenters. The molecule has 0 bridgehead atoms. The lowest BCUT2D eigenvalue weighted by atomic mass is 10.1. The van der Waals surface area contributed by atoms with Crippen LogP contribution in [0.5, 0.6) is 0 Å². The standard InChI is InChI=1S/C17H24F7NO7S/c1-6-12(26)32-15(16(20,21)22,13(27)25(10(2)3)11(4)5)31-9-7-8-14(18,19)17(23,24)33(28,29)30/h6,10-11H,1,7-9H2,2-5H3,(H,28,29,30)/p-1. The van der Waals surface area contributed by atoms with E-state index in [1.165, 1.54) is 27.7 Å². The topological polar surface area (TPSA) is 113 Å². The third-order valence-corrected chi connectivity index (χ3v) is 5.02. The molecule has 0 saturated heterocycles. The van der Waals surface area contributed by atoms with Gasteiger partial charge in [-0.25, -0.2) is 13.2 Å². The number of amides is 1. The van der Waals surface area contributed by atoms with Crippen LogP contribution in [0.2, 0.25) is 0 Å². The zero-order valence-electron chi connectivity index (χ0n) is 17.9. The van der Waals surface area contributed by atoms with Crippen LogP contribution in [-0.4, -0.2) is 71.6 Å². The average molecular weight is 518 g/mol. The first-order chi connectivity index (χ1) is 14.6. The van der Waals surface area contributed by atoms with Crippen molar-refractivity contribution in [3.8, 4) is 0 Å². The Balaban J connectivity index is 6.08. The van der Waals surface area contributed by atoms with Crippen LogP contribution in [-0.2, 0) is 29.2 Å². The van der Waals surface area contributed by atoms with Crippen LogP contribution in [0, 0.1) is 0 Å². The Morgan fingerprint density at radius 2 is 1.48 bits per heavy atom. The van der Waals surface area contributed by atoms with E-state index in [-0.39, 0.29) is 6.08 Å². The highest BCUT2D eigenvalue weighted by molar-refractivity contribution is 7.86. The maximum Gasteiger partial charge on any atom is 0.466 e. The highest BCUT2D eigenvalue weighted by Gasteiger charge is 2.68. The third kappa shape index (κ3) is 6.79. The van der Waals surface area contributed by atoms with Gasteiger partial charge in [-0.1, -0.05) is 6.58 Å². The van der Waals surface area contributed by atoms with Crippen molar-refractivity contribution in [1.29, 1.82) is 0 Å². The zero-order valence-corrected chi connectivity index (χ0v) is 18.7. The monoisotopic (exact) mass is 518 g/mol. The largest absolute Gasteiger partial charge is 0.743 e. The van der Waals surface area contributed by atoms with Gasteiger partial charge >= 0.3 is 35.0 Å². The maximum absolute atomic E-state index is 13.9. The molecule has 0 radical (unpaired) electrons. The quantitative estimate of drug-likeness (QED) is 0.0974. The molecule has 0 aromatic heterocycles. The van der Waals surface area contributed by atoms with Crippen molar-refractivity contribution < 1.29 is 62.8 Å². The number of alkyl halides is 7. The summed E-state index contributed by atoms with van der Waals surface area (Å²) in [6.45, 7) is 6.64. The number of carbonyl (C=O) groups excluding carboxylic acids is 2. The van der Waals surface area contributed by atoms with E-state index in [1.807, 2.05) is 0 Å². The minimum absolute atomic E-state index is 0.264. The smallest absolute Gasteiger partial charge is 0.466 e. The van der Waals surface area contributed by atoms with E-state index in [9.17, 15) is 53.3 Å². The fraction of sp³-hybridized carbons (Fsp3) is 0.765. The molecule has 0 rings (SSSR count). The molecule has 0 aromatic rings. The van der Waals surface area contributed by atoms with Crippen LogP contribution in [0.3, 0.4) is 0 Å². The van der Waals surface area contributed by atoms with Crippen LogP contribution < -0.4 is 0 Å². The van der Waals surface area contributed by atoms with Gasteiger partial charge < -0.3 is 18.9 Å². The Morgan fingerprint density at radius 3 is 1.82 bits per heavy atom. The fourth-order valence-electron chi connectivity index (χ4n) is 2.65. The van der Waals surface area contributed by atoms with Crippen LogP contribution in [0.1, 0.15) is 40.5 Å². The number of esters is 1. The summed E-state index contributed by atoms with van der Waals surface area (Å²) in [5.41, 5.74) is 0. The molecular weight excluding hydrogens is 495 g/mol. The molecule has 0 saturated carbocycles. The SMILES string of the molecule is C=CC(=O)OC(OCCCC(F)(F)C(F)(F)S(=O)(=O)[O-])(C(=O)N(C(C)C)C(C)C)C(F)(F)F. The Morgan fingerprint density at radius 1 is 1.03 bits per heavy atom. The van der Waals surface area contributed by atoms with Gasteiger partial charge in [0, 0.05) is 24.6 Å². The molecule has 0 heterocycles. The van der Waals surface area contributed by atoms with Crippen LogP contribution in [0.4, 0.5) is 30.7 Å². The Kier molecular flexibility index (Phi) is 9.93. The summed E-state index contributed by atoms with van der Waals surface area (Å²) in [5, 5.41) is -6.06. The second-order valence-corrected chi connectivity index (χ2v) is 8.69. The maximum atomic E-state index is 13.9. The van der Waals surface area contributed by atoms with Gasteiger partial charge in [0.25, 0.3) is 0 Å². The van der Waals surface area contributed by atoms with E-state index < -0.39 is 76.7 Å². The van der Waals surface area contributed by atoms with Gasteiger partial charge in [-0.15, -0.1) is 0 Å². The highest BCUT2D eigenvalue weighted by atomic mass is 32.2. The van der Waals surface area contributed by atoms with Gasteiger partial charge in [-0.2, -0.15) is 30.7 Å². The summed E-state index contributed by atoms with van der Waals surface area (Å²) in [6.07, 6.45) is -9.01. The number of ether oxygens (including phenoxy) is 2. The molecular formula is C17H23F7NO7S-. The molecule has 0 spiro atoms. The Hall–Kier alpha value is -1.94. The molecule has 16 heteroatoms. The van der Waals surface area contributed by atoms with E-state index in [4.69, 9.17) is 0 Å². The average Bonchev–Trinajstić information content (AvgIpc) is 2.61. The van der Waals surface area contributed by atoms with Crippen molar-refractivity contribution in [2.24, 2.45) is 0 Å². The number of hydrogen-bond donors (Lipinski definition) is 0. The van der Waals surface area contributed by atoms with E-state index >= 15 is 0 Å². The normalized spacial score (nSPS) is 15.3. The summed E-state index contributed by atoms with van der Waals surface area (Å²) >= 11 is 0. The predicted molar refractivity (Wildman–Crippen MR) is 97.0 cm³/mol. The molecule has 33 heavy (non-hydrogen) atoms. The van der Waals surface area contributed by atoms with Crippen molar-refractivity contribution in [1.82, 2.24) is 4.90 Å². The van der Waals surface area contributed by atoms with E-state index in [2.05, 4.69) is 16.1 Å². The van der Waals surface area contributed by atoms with Gasteiger partial charge in [-0.05, 0) is 34.1 Å². The van der Waals surface area contributed by atoms with Gasteiger partial charge in [-0.3, -0.25) is 4.79 Å². The third-order valence-electron chi connectivity index (χ3n) is 4.09. The van der Waals surface area contributed by atoms with E-state index in [1.54, 1.807) is 0 Å². The van der Waals surface area contributed by atoms with Crippen LogP contribution in [0.25, 0.3) is 0 Å². The Bertz CT molecular complexity index is 820. The van der Waals surface area contributed by atoms with E-state index in [0.29, 0.717) is 4.90 Å². The van der Waals surface area contributed by atoms with Crippen LogP contribution >= 0.6 is 0 Å². The summed E-state index contributed by atoms with van der Waals surface area (Å²) in [7, 11) is -6.81. The van der Waals surface area contributed by atoms with Crippen molar-refractivity contribution in [3.05, 3.63) is 12.7 Å². The first-order valence-electron chi connectivity index (χ1n) is 9.19. The van der Waals surface area contributed by atoms with Gasteiger partial charge in [0.05, 0.1) is 6.61 Å². The second-order valence-electron chi connectivity index (χ2n) is 7.27. The number of nitrogens with zero attached hydrogens (tertiary/aromatic N) is 1.